The van der Waals surface area contributed by atoms with E-state index in [2.05, 4.69) is 15.3 Å². The Morgan fingerprint density at radius 1 is 1.42 bits per heavy atom. The van der Waals surface area contributed by atoms with E-state index in [1.54, 1.807) is 12.1 Å². The number of H-pyrrole nitrogens is 1. The van der Waals surface area contributed by atoms with E-state index in [0.29, 0.717) is 11.4 Å². The molecule has 8 nitrogen and oxygen atoms in total. The van der Waals surface area contributed by atoms with E-state index < -0.39 is 11.2 Å². The molecule has 4 rings (SSSR count). The fourth-order valence-electron chi connectivity index (χ4n) is 2.62. The number of carbonyl (C=O) groups excluding carboxylic acids is 1. The highest BCUT2D eigenvalue weighted by Crippen LogP contribution is 2.34. The third-order valence-corrected chi connectivity index (χ3v) is 3.96. The minimum atomic E-state index is -0.542. The summed E-state index contributed by atoms with van der Waals surface area (Å²) < 4.78 is 6.64. The standard InChI is InChI=1S/C16H14N4O4/c21-14(18-8-11-2-1-5-24-11)9-6-12-13(17-7-9)20(10-3-4-10)16(23)19-15(12)22/h1-2,5-7,10H,3-4,8H2,(H,18,21)(H,19,22,23). The molecule has 3 aromatic rings. The first-order valence-electron chi connectivity index (χ1n) is 7.58. The average Bonchev–Trinajstić information content (AvgIpc) is 3.26. The Morgan fingerprint density at radius 3 is 2.96 bits per heavy atom. The van der Waals surface area contributed by atoms with Gasteiger partial charge in [-0.05, 0) is 31.0 Å². The van der Waals surface area contributed by atoms with Crippen LogP contribution in [0.15, 0.2) is 44.7 Å². The van der Waals surface area contributed by atoms with Crippen molar-refractivity contribution in [3.8, 4) is 0 Å². The van der Waals surface area contributed by atoms with E-state index in [9.17, 15) is 14.4 Å². The summed E-state index contributed by atoms with van der Waals surface area (Å²) in [5.41, 5.74) is -0.438. The lowest BCUT2D eigenvalue weighted by molar-refractivity contribution is 0.0948. The molecule has 0 spiro atoms. The Hall–Kier alpha value is -3.16. The number of nitrogens with zero attached hydrogens (tertiary/aromatic N) is 2. The first-order chi connectivity index (χ1) is 11.6. The number of amides is 1. The van der Waals surface area contributed by atoms with Crippen LogP contribution in [0.5, 0.6) is 0 Å². The minimum Gasteiger partial charge on any atom is -0.467 e. The van der Waals surface area contributed by atoms with E-state index in [1.807, 2.05) is 0 Å². The molecule has 1 amide bonds. The molecular weight excluding hydrogens is 312 g/mol. The number of fused-ring (bicyclic) bond motifs is 1. The maximum atomic E-state index is 12.2. The molecule has 8 heteroatoms. The lowest BCUT2D eigenvalue weighted by Gasteiger charge is -2.08. The zero-order chi connectivity index (χ0) is 16.7. The Labute approximate surface area is 135 Å². The highest BCUT2D eigenvalue weighted by Gasteiger charge is 2.27. The molecule has 0 aliphatic heterocycles. The number of pyridine rings is 1. The van der Waals surface area contributed by atoms with Gasteiger partial charge >= 0.3 is 5.69 Å². The maximum absolute atomic E-state index is 12.2. The van der Waals surface area contributed by atoms with Crippen molar-refractivity contribution in [2.45, 2.75) is 25.4 Å². The summed E-state index contributed by atoms with van der Waals surface area (Å²) in [6.07, 6.45) is 4.66. The topological polar surface area (TPSA) is 110 Å². The van der Waals surface area contributed by atoms with Gasteiger partial charge in [-0.15, -0.1) is 0 Å². The number of hydrogen-bond donors (Lipinski definition) is 2. The van der Waals surface area contributed by atoms with Crippen molar-refractivity contribution in [1.82, 2.24) is 19.9 Å². The van der Waals surface area contributed by atoms with Crippen LogP contribution < -0.4 is 16.6 Å². The highest BCUT2D eigenvalue weighted by molar-refractivity contribution is 5.96. The molecule has 1 aliphatic carbocycles. The molecule has 0 aromatic carbocycles. The van der Waals surface area contributed by atoms with Gasteiger partial charge in [0, 0.05) is 12.2 Å². The molecule has 3 aromatic heterocycles. The van der Waals surface area contributed by atoms with E-state index in [4.69, 9.17) is 4.42 Å². The van der Waals surface area contributed by atoms with Crippen molar-refractivity contribution in [3.63, 3.8) is 0 Å². The van der Waals surface area contributed by atoms with Crippen molar-refractivity contribution in [2.75, 3.05) is 0 Å². The van der Waals surface area contributed by atoms with Crippen LogP contribution in [0.25, 0.3) is 11.0 Å². The van der Waals surface area contributed by atoms with Gasteiger partial charge in [0.25, 0.3) is 11.5 Å². The largest absolute Gasteiger partial charge is 0.467 e. The fraction of sp³-hybridized carbons (Fsp3) is 0.250. The number of aromatic nitrogens is 3. The molecule has 1 saturated carbocycles. The van der Waals surface area contributed by atoms with Gasteiger partial charge in [0.15, 0.2) is 0 Å². The Morgan fingerprint density at radius 2 is 2.25 bits per heavy atom. The molecule has 0 saturated heterocycles. The third-order valence-electron chi connectivity index (χ3n) is 3.96. The van der Waals surface area contributed by atoms with Crippen LogP contribution in [0.3, 0.4) is 0 Å². The van der Waals surface area contributed by atoms with Crippen LogP contribution in [0.2, 0.25) is 0 Å². The van der Waals surface area contributed by atoms with Crippen molar-refractivity contribution in [3.05, 3.63) is 62.8 Å². The van der Waals surface area contributed by atoms with Gasteiger partial charge in [0.1, 0.15) is 11.4 Å². The predicted molar refractivity (Wildman–Crippen MR) is 84.8 cm³/mol. The minimum absolute atomic E-state index is 0.0722. The predicted octanol–water partition coefficient (Wildman–Crippen LogP) is 0.943. The molecule has 122 valence electrons. The van der Waals surface area contributed by atoms with Gasteiger partial charge in [-0.2, -0.15) is 0 Å². The van der Waals surface area contributed by atoms with E-state index in [-0.39, 0.29) is 29.4 Å². The summed E-state index contributed by atoms with van der Waals surface area (Å²) in [6.45, 7) is 0.238. The van der Waals surface area contributed by atoms with Crippen LogP contribution in [-0.4, -0.2) is 20.4 Å². The van der Waals surface area contributed by atoms with E-state index in [0.717, 1.165) is 12.8 Å². The molecule has 0 bridgehead atoms. The molecule has 0 radical (unpaired) electrons. The maximum Gasteiger partial charge on any atom is 0.330 e. The third kappa shape index (κ3) is 2.51. The van der Waals surface area contributed by atoms with Gasteiger partial charge < -0.3 is 9.73 Å². The zero-order valence-electron chi connectivity index (χ0n) is 12.6. The quantitative estimate of drug-likeness (QED) is 0.741. The van der Waals surface area contributed by atoms with Crippen LogP contribution in [0.1, 0.15) is 35.0 Å². The Balaban J connectivity index is 1.69. The summed E-state index contributed by atoms with van der Waals surface area (Å²) in [4.78, 5) is 42.7. The van der Waals surface area contributed by atoms with E-state index in [1.165, 1.54) is 23.1 Å². The lowest BCUT2D eigenvalue weighted by Crippen LogP contribution is -2.31. The smallest absolute Gasteiger partial charge is 0.330 e. The van der Waals surface area contributed by atoms with Crippen molar-refractivity contribution >= 4 is 16.9 Å². The molecule has 0 atom stereocenters. The first-order valence-corrected chi connectivity index (χ1v) is 7.58. The van der Waals surface area contributed by atoms with Crippen molar-refractivity contribution in [1.29, 1.82) is 0 Å². The summed E-state index contributed by atoms with van der Waals surface area (Å²) in [6, 6.07) is 5.01. The van der Waals surface area contributed by atoms with Gasteiger partial charge in [-0.25, -0.2) is 9.78 Å². The normalized spacial score (nSPS) is 14.0. The summed E-state index contributed by atoms with van der Waals surface area (Å²) in [7, 11) is 0. The monoisotopic (exact) mass is 326 g/mol. The summed E-state index contributed by atoms with van der Waals surface area (Å²) in [5, 5.41) is 2.92. The van der Waals surface area contributed by atoms with Crippen LogP contribution in [-0.2, 0) is 6.54 Å². The second-order valence-electron chi connectivity index (χ2n) is 5.72. The van der Waals surface area contributed by atoms with Gasteiger partial charge in [-0.1, -0.05) is 0 Å². The average molecular weight is 326 g/mol. The lowest BCUT2D eigenvalue weighted by atomic mass is 10.2. The number of aromatic amines is 1. The zero-order valence-corrected chi connectivity index (χ0v) is 12.6. The SMILES string of the molecule is O=C(NCc1ccco1)c1cnc2c(c1)c(=O)[nH]c(=O)n2C1CC1. The van der Waals surface area contributed by atoms with Crippen LogP contribution in [0.4, 0.5) is 0 Å². The Bertz CT molecular complexity index is 1030. The molecular formula is C16H14N4O4. The highest BCUT2D eigenvalue weighted by atomic mass is 16.3. The molecule has 3 heterocycles. The number of furan rings is 1. The molecule has 24 heavy (non-hydrogen) atoms. The van der Waals surface area contributed by atoms with Crippen LogP contribution in [0, 0.1) is 0 Å². The van der Waals surface area contributed by atoms with Gasteiger partial charge in [0.05, 0.1) is 23.8 Å². The van der Waals surface area contributed by atoms with Gasteiger partial charge in [0.2, 0.25) is 0 Å². The fourth-order valence-corrected chi connectivity index (χ4v) is 2.62. The number of nitrogens with one attached hydrogen (secondary N) is 2. The number of rotatable bonds is 4. The molecule has 1 aliphatic rings. The van der Waals surface area contributed by atoms with E-state index >= 15 is 0 Å². The van der Waals surface area contributed by atoms with Crippen molar-refractivity contribution < 1.29 is 9.21 Å². The van der Waals surface area contributed by atoms with Crippen LogP contribution >= 0.6 is 0 Å². The first kappa shape index (κ1) is 14.4. The number of hydrogen-bond acceptors (Lipinski definition) is 5. The van der Waals surface area contributed by atoms with Gasteiger partial charge in [-0.3, -0.25) is 19.1 Å². The molecule has 2 N–H and O–H groups in total. The second kappa shape index (κ2) is 5.48. The Kier molecular flexibility index (Phi) is 3.30. The summed E-state index contributed by atoms with van der Waals surface area (Å²) in [5.74, 6) is 0.252. The molecule has 0 unspecified atom stereocenters. The summed E-state index contributed by atoms with van der Waals surface area (Å²) >= 11 is 0. The second-order valence-corrected chi connectivity index (χ2v) is 5.72. The molecule has 1 fully saturated rings. The number of carbonyl (C=O) groups is 1. The van der Waals surface area contributed by atoms with Crippen molar-refractivity contribution in [2.24, 2.45) is 0 Å².